The minimum Gasteiger partial charge on any atom is -0.340 e. The van der Waals surface area contributed by atoms with Crippen molar-refractivity contribution in [3.8, 4) is 0 Å². The molecular formula is C17H23F3N2O3S. The Hall–Kier alpha value is -1.61. The van der Waals surface area contributed by atoms with E-state index in [0.29, 0.717) is 31.4 Å². The highest BCUT2D eigenvalue weighted by molar-refractivity contribution is 7.89. The first-order valence-corrected chi connectivity index (χ1v) is 10.1. The minimum absolute atomic E-state index is 0.000597. The van der Waals surface area contributed by atoms with Gasteiger partial charge in [0.1, 0.15) is 6.04 Å². The van der Waals surface area contributed by atoms with E-state index in [9.17, 15) is 26.4 Å². The second-order valence-electron chi connectivity index (χ2n) is 6.47. The molecule has 26 heavy (non-hydrogen) atoms. The van der Waals surface area contributed by atoms with Crippen molar-refractivity contribution in [3.63, 3.8) is 0 Å². The number of alkyl halides is 3. The van der Waals surface area contributed by atoms with E-state index in [1.165, 1.54) is 28.4 Å². The first-order valence-electron chi connectivity index (χ1n) is 8.47. The van der Waals surface area contributed by atoms with E-state index in [1.807, 2.05) is 0 Å². The number of likely N-dealkylation sites (N-methyl/N-ethyl adjacent to an activating group) is 1. The monoisotopic (exact) mass is 392 g/mol. The third-order valence-corrected chi connectivity index (χ3v) is 6.46. The molecule has 0 saturated carbocycles. The van der Waals surface area contributed by atoms with Crippen molar-refractivity contribution < 1.29 is 26.4 Å². The third kappa shape index (κ3) is 4.76. The van der Waals surface area contributed by atoms with Crippen LogP contribution in [0.3, 0.4) is 0 Å². The lowest BCUT2D eigenvalue weighted by Gasteiger charge is -2.27. The fraction of sp³-hybridized carbons (Fsp3) is 0.588. The lowest BCUT2D eigenvalue weighted by atomic mass is 10.1. The summed E-state index contributed by atoms with van der Waals surface area (Å²) < 4.78 is 63.7. The molecule has 1 aromatic carbocycles. The molecule has 1 aliphatic rings. The maximum atomic E-state index is 12.7. The number of carbonyl (C=O) groups excluding carboxylic acids is 1. The molecule has 0 bridgehead atoms. The van der Waals surface area contributed by atoms with E-state index >= 15 is 0 Å². The maximum Gasteiger partial charge on any atom is 0.416 e. The van der Waals surface area contributed by atoms with Crippen molar-refractivity contribution in [1.29, 1.82) is 0 Å². The Morgan fingerprint density at radius 3 is 2.42 bits per heavy atom. The van der Waals surface area contributed by atoms with Gasteiger partial charge in [0.2, 0.25) is 15.9 Å². The number of hydrogen-bond donors (Lipinski definition) is 0. The zero-order valence-corrected chi connectivity index (χ0v) is 15.6. The van der Waals surface area contributed by atoms with Gasteiger partial charge < -0.3 is 4.90 Å². The zero-order valence-electron chi connectivity index (χ0n) is 14.8. The van der Waals surface area contributed by atoms with Crippen LogP contribution in [0, 0.1) is 0 Å². The molecule has 1 aromatic rings. The number of nitrogens with zero attached hydrogens (tertiary/aromatic N) is 2. The van der Waals surface area contributed by atoms with Gasteiger partial charge in [-0.15, -0.1) is 0 Å². The molecule has 1 aliphatic heterocycles. The second-order valence-corrected chi connectivity index (χ2v) is 8.51. The van der Waals surface area contributed by atoms with Gasteiger partial charge in [-0.25, -0.2) is 8.42 Å². The highest BCUT2D eigenvalue weighted by atomic mass is 32.2. The summed E-state index contributed by atoms with van der Waals surface area (Å²) >= 11 is 0. The molecule has 1 atom stereocenters. The number of halogens is 3. The van der Waals surface area contributed by atoms with Crippen LogP contribution >= 0.6 is 0 Å². The molecule has 0 N–H and O–H groups in total. The van der Waals surface area contributed by atoms with Crippen molar-refractivity contribution in [1.82, 2.24) is 9.21 Å². The summed E-state index contributed by atoms with van der Waals surface area (Å²) in [6.07, 6.45) is -2.86. The lowest BCUT2D eigenvalue weighted by Crippen LogP contribution is -2.46. The Labute approximate surface area is 151 Å². The molecule has 0 aromatic heterocycles. The van der Waals surface area contributed by atoms with Gasteiger partial charge in [-0.2, -0.15) is 17.5 Å². The normalized spacial score (nSPS) is 18.9. The van der Waals surface area contributed by atoms with Crippen LogP contribution in [-0.4, -0.2) is 48.9 Å². The van der Waals surface area contributed by atoms with Crippen LogP contribution in [0.2, 0.25) is 0 Å². The molecular weight excluding hydrogens is 369 g/mol. The lowest BCUT2D eigenvalue weighted by molar-refractivity contribution is -0.137. The molecule has 146 valence electrons. The Kier molecular flexibility index (Phi) is 6.33. The standard InChI is InChI=1S/C17H23F3N2O3S/c1-3-11-26(24,25)22-10-4-5-15(22)16(23)21(2)12-13-6-8-14(9-7-13)17(18,19)20/h6-9,15H,3-5,10-12H2,1-2H3. The number of carbonyl (C=O) groups is 1. The van der Waals surface area contributed by atoms with E-state index in [0.717, 1.165) is 12.1 Å². The molecule has 1 unspecified atom stereocenters. The first-order chi connectivity index (χ1) is 12.1. The van der Waals surface area contributed by atoms with Crippen molar-refractivity contribution in [3.05, 3.63) is 35.4 Å². The topological polar surface area (TPSA) is 57.7 Å². The molecule has 0 aliphatic carbocycles. The van der Waals surface area contributed by atoms with E-state index in [1.54, 1.807) is 6.92 Å². The van der Waals surface area contributed by atoms with Gasteiger partial charge in [0, 0.05) is 20.1 Å². The maximum absolute atomic E-state index is 12.7. The summed E-state index contributed by atoms with van der Waals surface area (Å²) in [5, 5.41) is 0. The quantitative estimate of drug-likeness (QED) is 0.748. The predicted octanol–water partition coefficient (Wildman–Crippen LogP) is 2.87. The number of sulfonamides is 1. The van der Waals surface area contributed by atoms with Gasteiger partial charge in [-0.1, -0.05) is 19.1 Å². The smallest absolute Gasteiger partial charge is 0.340 e. The van der Waals surface area contributed by atoms with Gasteiger partial charge in [0.15, 0.2) is 0 Å². The van der Waals surface area contributed by atoms with Crippen molar-refractivity contribution >= 4 is 15.9 Å². The Balaban J connectivity index is 2.07. The van der Waals surface area contributed by atoms with Crippen molar-refractivity contribution in [2.45, 2.75) is 44.9 Å². The first kappa shape index (κ1) is 20.7. The van der Waals surface area contributed by atoms with Crippen LogP contribution in [0.25, 0.3) is 0 Å². The molecule has 2 rings (SSSR count). The highest BCUT2D eigenvalue weighted by Crippen LogP contribution is 2.29. The summed E-state index contributed by atoms with van der Waals surface area (Å²) in [6, 6.07) is 3.87. The molecule has 9 heteroatoms. The molecule has 1 amide bonds. The highest BCUT2D eigenvalue weighted by Gasteiger charge is 2.39. The van der Waals surface area contributed by atoms with Gasteiger partial charge in [0.05, 0.1) is 11.3 Å². The van der Waals surface area contributed by atoms with Crippen LogP contribution in [0.1, 0.15) is 37.3 Å². The van der Waals surface area contributed by atoms with E-state index in [4.69, 9.17) is 0 Å². The Morgan fingerprint density at radius 1 is 1.27 bits per heavy atom. The molecule has 1 saturated heterocycles. The Morgan fingerprint density at radius 2 is 1.88 bits per heavy atom. The third-order valence-electron chi connectivity index (χ3n) is 4.39. The van der Waals surface area contributed by atoms with E-state index in [-0.39, 0.29) is 18.2 Å². The fourth-order valence-electron chi connectivity index (χ4n) is 3.10. The van der Waals surface area contributed by atoms with Gasteiger partial charge in [0.25, 0.3) is 0 Å². The largest absolute Gasteiger partial charge is 0.416 e. The SMILES string of the molecule is CCCS(=O)(=O)N1CCCC1C(=O)N(C)Cc1ccc(C(F)(F)F)cc1. The van der Waals surface area contributed by atoms with E-state index in [2.05, 4.69) is 0 Å². The molecule has 0 radical (unpaired) electrons. The van der Waals surface area contributed by atoms with Crippen LogP contribution in [0.4, 0.5) is 13.2 Å². The van der Waals surface area contributed by atoms with Crippen LogP contribution in [0.5, 0.6) is 0 Å². The number of amides is 1. The molecule has 5 nitrogen and oxygen atoms in total. The summed E-state index contributed by atoms with van der Waals surface area (Å²) in [7, 11) is -1.94. The van der Waals surface area contributed by atoms with E-state index < -0.39 is 27.8 Å². The average molecular weight is 392 g/mol. The van der Waals surface area contributed by atoms with Crippen molar-refractivity contribution in [2.24, 2.45) is 0 Å². The van der Waals surface area contributed by atoms with Crippen LogP contribution in [-0.2, 0) is 27.5 Å². The average Bonchev–Trinajstić information content (AvgIpc) is 3.04. The fourth-order valence-corrected chi connectivity index (χ4v) is 4.84. The molecule has 0 spiro atoms. The predicted molar refractivity (Wildman–Crippen MR) is 91.7 cm³/mol. The summed E-state index contributed by atoms with van der Waals surface area (Å²) in [4.78, 5) is 14.0. The molecule has 1 heterocycles. The summed E-state index contributed by atoms with van der Waals surface area (Å²) in [5.74, 6) is -0.332. The van der Waals surface area contributed by atoms with Crippen molar-refractivity contribution in [2.75, 3.05) is 19.3 Å². The summed E-state index contributed by atoms with van der Waals surface area (Å²) in [5.41, 5.74) is -0.197. The molecule has 1 fully saturated rings. The van der Waals surface area contributed by atoms with Crippen LogP contribution < -0.4 is 0 Å². The van der Waals surface area contributed by atoms with Crippen LogP contribution in [0.15, 0.2) is 24.3 Å². The zero-order chi connectivity index (χ0) is 19.5. The van der Waals surface area contributed by atoms with Gasteiger partial charge >= 0.3 is 6.18 Å². The number of benzene rings is 1. The van der Waals surface area contributed by atoms with Gasteiger partial charge in [-0.3, -0.25) is 4.79 Å². The number of hydrogen-bond acceptors (Lipinski definition) is 3. The second kappa shape index (κ2) is 7.96. The minimum atomic E-state index is -4.40. The number of rotatable bonds is 6. The Bertz CT molecular complexity index is 733. The van der Waals surface area contributed by atoms with Gasteiger partial charge in [-0.05, 0) is 37.0 Å². The summed E-state index contributed by atoms with van der Waals surface area (Å²) in [6.45, 7) is 2.21.